The molecule has 0 heterocycles. The molecule has 8 rings (SSSR count). The molecule has 2 fully saturated rings. The fourth-order valence-electron chi connectivity index (χ4n) is 12.3. The van der Waals surface area contributed by atoms with E-state index in [1.807, 2.05) is 0 Å². The average molecular weight is 883 g/mol. The minimum absolute atomic E-state index is 0. The molecule has 4 aliphatic carbocycles. The van der Waals surface area contributed by atoms with E-state index in [1.54, 1.807) is 33.4 Å². The molecule has 0 nitrogen and oxygen atoms in total. The fraction of sp³-hybridized carbons (Fsp3) is 0.462. The maximum Gasteiger partial charge on any atom is -0.147 e. The molecular weight excluding hydrogens is 815 g/mol. The van der Waals surface area contributed by atoms with Crippen molar-refractivity contribution in [2.75, 3.05) is 0 Å². The summed E-state index contributed by atoms with van der Waals surface area (Å²) in [5, 5.41) is 0. The number of rotatable bonds is 8. The fourth-order valence-corrected chi connectivity index (χ4v) is 32.0. The van der Waals surface area contributed by atoms with E-state index >= 15 is 0 Å². The molecule has 4 aromatic carbocycles. The van der Waals surface area contributed by atoms with Gasteiger partial charge in [0.05, 0.1) is 0 Å². The standard InChI is InChI=1S/2C25H29.2CH3.2ClH.H2Si.Zr/c2*1-17-9-18(2)11-22(10-17)24-13-19(3)12-23-15-21(16-25(23)24)14-20-7-5-4-6-8-20;;;;;;/h2*9-13,15-16,20H,4-8,14H2,1-3H3;2*1H3;2*1H;1H2;. The van der Waals surface area contributed by atoms with Gasteiger partial charge in [-0.25, -0.2) is 0 Å². The van der Waals surface area contributed by atoms with E-state index in [4.69, 9.17) is 0 Å². The first-order valence-corrected chi connectivity index (χ1v) is 35.3. The normalized spacial score (nSPS) is 20.1. The summed E-state index contributed by atoms with van der Waals surface area (Å²) >= 11 is -3.89. The van der Waals surface area contributed by atoms with Gasteiger partial charge in [-0.05, 0) is 0 Å². The van der Waals surface area contributed by atoms with Crippen molar-refractivity contribution in [2.24, 2.45) is 11.8 Å². The number of fused-ring (bicyclic) bond motifs is 2. The summed E-state index contributed by atoms with van der Waals surface area (Å²) in [6, 6.07) is 24.8. The van der Waals surface area contributed by atoms with E-state index in [2.05, 4.69) is 131 Å². The Hall–Kier alpha value is -1.96. The molecule has 2 unspecified atom stereocenters. The van der Waals surface area contributed by atoms with Crippen molar-refractivity contribution in [3.63, 3.8) is 0 Å². The second-order valence-electron chi connectivity index (χ2n) is 20.0. The first-order chi connectivity index (χ1) is 25.7. The van der Waals surface area contributed by atoms with Gasteiger partial charge in [0.15, 0.2) is 0 Å². The summed E-state index contributed by atoms with van der Waals surface area (Å²) in [6.07, 6.45) is 22.2. The van der Waals surface area contributed by atoms with Crippen LogP contribution in [0.4, 0.5) is 0 Å². The van der Waals surface area contributed by atoms with Gasteiger partial charge in [0, 0.05) is 0 Å². The van der Waals surface area contributed by atoms with E-state index in [0.29, 0.717) is 7.25 Å². The van der Waals surface area contributed by atoms with Crippen LogP contribution in [0.15, 0.2) is 71.8 Å². The van der Waals surface area contributed by atoms with E-state index in [-0.39, 0.29) is 24.8 Å². The molecule has 0 aromatic heterocycles. The monoisotopic (exact) mass is 880 g/mol. The molecule has 4 aromatic rings. The van der Waals surface area contributed by atoms with Crippen LogP contribution in [0.1, 0.15) is 140 Å². The van der Waals surface area contributed by atoms with E-state index in [9.17, 15) is 0 Å². The summed E-state index contributed by atoms with van der Waals surface area (Å²) in [4.78, 5) is 0. The number of hydrogen-bond donors (Lipinski definition) is 0. The molecular formula is C52H68Cl2SiZr. The number of allylic oxidation sites excluding steroid dienone is 2. The molecule has 0 spiro atoms. The van der Waals surface area contributed by atoms with Gasteiger partial charge in [0.1, 0.15) is 0 Å². The average Bonchev–Trinajstić information content (AvgIpc) is 3.66. The molecule has 0 aliphatic heterocycles. The van der Waals surface area contributed by atoms with Crippen LogP contribution in [0.3, 0.4) is 0 Å². The first-order valence-electron chi connectivity index (χ1n) is 21.7. The number of hydrogen-bond acceptors (Lipinski definition) is 0. The Balaban J connectivity index is 0.00000266. The minimum atomic E-state index is -3.89. The van der Waals surface area contributed by atoms with Crippen molar-refractivity contribution >= 4 is 43.8 Å². The molecule has 0 bridgehead atoms. The molecule has 56 heavy (non-hydrogen) atoms. The zero-order valence-electron chi connectivity index (χ0n) is 35.7. The van der Waals surface area contributed by atoms with E-state index in [1.165, 1.54) is 133 Å². The van der Waals surface area contributed by atoms with Crippen molar-refractivity contribution in [3.8, 4) is 22.3 Å². The van der Waals surface area contributed by atoms with Crippen LogP contribution < -0.4 is 0 Å². The van der Waals surface area contributed by atoms with Crippen molar-refractivity contribution in [1.29, 1.82) is 0 Å². The van der Waals surface area contributed by atoms with Crippen LogP contribution in [-0.2, 0) is 17.4 Å². The van der Waals surface area contributed by atoms with Crippen molar-refractivity contribution in [3.05, 3.63) is 127 Å². The van der Waals surface area contributed by atoms with Crippen LogP contribution in [0.2, 0.25) is 9.26 Å². The third kappa shape index (κ3) is 8.53. The molecule has 2 atom stereocenters. The number of halogens is 2. The topological polar surface area (TPSA) is 0 Å². The third-order valence-electron chi connectivity index (χ3n) is 14.2. The van der Waals surface area contributed by atoms with Gasteiger partial charge >= 0.3 is 333 Å². The van der Waals surface area contributed by atoms with Gasteiger partial charge in [0.25, 0.3) is 0 Å². The predicted octanol–water partition coefficient (Wildman–Crippen LogP) is 15.6. The smallest absolute Gasteiger partial charge is 0.147 e. The summed E-state index contributed by atoms with van der Waals surface area (Å²) in [7, 11) is 0. The molecule has 0 amide bonds. The molecule has 0 N–H and O–H groups in total. The predicted molar refractivity (Wildman–Crippen MR) is 251 cm³/mol. The minimum Gasteiger partial charge on any atom is -0.147 e. The summed E-state index contributed by atoms with van der Waals surface area (Å²) in [5.41, 5.74) is 24.1. The largest absolute Gasteiger partial charge is 0.147 e. The third-order valence-corrected chi connectivity index (χ3v) is 31.7. The summed E-state index contributed by atoms with van der Waals surface area (Å²) < 4.78 is 6.95. The van der Waals surface area contributed by atoms with Crippen molar-refractivity contribution in [2.45, 2.75) is 135 Å². The number of aryl methyl sites for hydroxylation is 6. The Bertz CT molecular complexity index is 2060. The molecule has 298 valence electrons. The van der Waals surface area contributed by atoms with Gasteiger partial charge in [-0.15, -0.1) is 24.8 Å². The van der Waals surface area contributed by atoms with Crippen LogP contribution >= 0.6 is 24.8 Å². The Labute approximate surface area is 355 Å². The van der Waals surface area contributed by atoms with Crippen LogP contribution in [0.5, 0.6) is 0 Å². The van der Waals surface area contributed by atoms with Crippen LogP contribution in [0.25, 0.3) is 34.4 Å². The van der Waals surface area contributed by atoms with Crippen LogP contribution in [0, 0.1) is 53.4 Å². The first kappa shape index (κ1) is 43.6. The SMILES string of the molecule is Cc1cc(C)cc(-c2cc(C)cc3c2C=C(CC2CCCCC2)[CH]3[Zr]([CH3])([CH3])(=[SiH2])[CH]2C(CC3CCCCC3)=Cc3c(-c4cc(C)cc(C)c4)cc(C)cc32)c1.Cl.Cl. The van der Waals surface area contributed by atoms with Crippen molar-refractivity contribution < 1.29 is 17.4 Å². The number of benzene rings is 4. The zero-order valence-corrected chi connectivity index (χ0v) is 41.3. The molecule has 4 heteroatoms. The van der Waals surface area contributed by atoms with Gasteiger partial charge in [-0.3, -0.25) is 0 Å². The summed E-state index contributed by atoms with van der Waals surface area (Å²) in [5.74, 6) is 1.65. The Morgan fingerprint density at radius 2 is 0.786 bits per heavy atom. The maximum absolute atomic E-state index is 3.89. The van der Waals surface area contributed by atoms with Crippen LogP contribution in [-0.4, -0.2) is 6.88 Å². The molecule has 0 radical (unpaired) electrons. The molecule has 2 saturated carbocycles. The molecule has 0 saturated heterocycles. The van der Waals surface area contributed by atoms with Crippen molar-refractivity contribution in [1.82, 2.24) is 0 Å². The Morgan fingerprint density at radius 3 is 1.12 bits per heavy atom. The Kier molecular flexibility index (Phi) is 13.2. The van der Waals surface area contributed by atoms with Gasteiger partial charge in [-0.1, -0.05) is 0 Å². The van der Waals surface area contributed by atoms with Gasteiger partial charge in [-0.2, -0.15) is 0 Å². The summed E-state index contributed by atoms with van der Waals surface area (Å²) in [6.45, 7) is 16.4. The second kappa shape index (κ2) is 17.0. The Morgan fingerprint density at radius 1 is 0.464 bits per heavy atom. The zero-order chi connectivity index (χ0) is 38.0. The van der Waals surface area contributed by atoms with E-state index < -0.39 is 17.4 Å². The van der Waals surface area contributed by atoms with E-state index in [0.717, 1.165) is 11.8 Å². The quantitative estimate of drug-likeness (QED) is 0.155. The van der Waals surface area contributed by atoms with Gasteiger partial charge in [0.2, 0.25) is 0 Å². The molecule has 4 aliphatic rings. The maximum atomic E-state index is 2.92. The second-order valence-corrected chi connectivity index (χ2v) is 50.5. The van der Waals surface area contributed by atoms with Gasteiger partial charge < -0.3 is 0 Å².